The fourth-order valence-electron chi connectivity index (χ4n) is 0.992. The van der Waals surface area contributed by atoms with Crippen molar-refractivity contribution in [3.63, 3.8) is 0 Å². The Morgan fingerprint density at radius 2 is 2.00 bits per heavy atom. The Balaban J connectivity index is 3.03. The minimum atomic E-state index is -5.54. The van der Waals surface area contributed by atoms with Crippen molar-refractivity contribution in [3.05, 3.63) is 0 Å². The molecule has 0 bridgehead atoms. The smallest absolute Gasteiger partial charge is 0.480 e. The molecule has 5 nitrogen and oxygen atoms in total. The molecule has 0 aromatic rings. The first-order valence-corrected chi connectivity index (χ1v) is 6.16. The molecule has 10 heteroatoms. The highest BCUT2D eigenvalue weighted by atomic mass is 32.2. The average Bonchev–Trinajstić information content (AvgIpc) is 2.48. The molecule has 88 valence electrons. The molecule has 1 N–H and O–H groups in total. The summed E-state index contributed by atoms with van der Waals surface area (Å²) in [5, 5.41) is 8.53. The number of carboxylic acid groups (broad SMARTS) is 1. The van der Waals surface area contributed by atoms with Crippen molar-refractivity contribution in [2.45, 2.75) is 11.6 Å². The lowest BCUT2D eigenvalue weighted by Gasteiger charge is -2.20. The molecule has 1 rings (SSSR count). The zero-order valence-corrected chi connectivity index (χ0v) is 8.69. The van der Waals surface area contributed by atoms with E-state index in [9.17, 15) is 26.4 Å². The highest BCUT2D eigenvalue weighted by Gasteiger charge is 2.54. The number of thioether (sulfide) groups is 1. The van der Waals surface area contributed by atoms with Crippen LogP contribution < -0.4 is 0 Å². The summed E-state index contributed by atoms with van der Waals surface area (Å²) < 4.78 is 58.0. The summed E-state index contributed by atoms with van der Waals surface area (Å²) in [5.74, 6) is -2.24. The lowest BCUT2D eigenvalue weighted by molar-refractivity contribution is -0.140. The van der Waals surface area contributed by atoms with Gasteiger partial charge >= 0.3 is 21.5 Å². The third-order valence-electron chi connectivity index (χ3n) is 1.73. The maximum atomic E-state index is 12.1. The molecule has 1 aliphatic heterocycles. The van der Waals surface area contributed by atoms with Crippen LogP contribution in [0.25, 0.3) is 0 Å². The number of hydrogen-bond acceptors (Lipinski definition) is 4. The van der Waals surface area contributed by atoms with E-state index < -0.39 is 33.4 Å². The normalized spacial score (nSPS) is 24.3. The molecule has 1 saturated heterocycles. The van der Waals surface area contributed by atoms with Crippen molar-refractivity contribution in [1.82, 2.24) is 4.31 Å². The van der Waals surface area contributed by atoms with Crippen LogP contribution >= 0.6 is 11.8 Å². The first-order valence-electron chi connectivity index (χ1n) is 3.56. The molecule has 0 spiro atoms. The number of rotatable bonds is 2. The number of sulfonamides is 1. The van der Waals surface area contributed by atoms with Gasteiger partial charge in [0.15, 0.2) is 0 Å². The van der Waals surface area contributed by atoms with Gasteiger partial charge < -0.3 is 5.11 Å². The maximum absolute atomic E-state index is 12.1. The van der Waals surface area contributed by atoms with Crippen LogP contribution in [0.1, 0.15) is 0 Å². The van der Waals surface area contributed by atoms with E-state index in [4.69, 9.17) is 5.11 Å². The molecule has 1 heterocycles. The van der Waals surface area contributed by atoms with Crippen LogP contribution in [-0.2, 0) is 14.8 Å². The van der Waals surface area contributed by atoms with Crippen LogP contribution in [0.2, 0.25) is 0 Å². The zero-order chi connectivity index (χ0) is 11.9. The molecule has 0 radical (unpaired) electrons. The van der Waals surface area contributed by atoms with Gasteiger partial charge in [-0.25, -0.2) is 8.42 Å². The fraction of sp³-hybridized carbons (Fsp3) is 0.800. The summed E-state index contributed by atoms with van der Waals surface area (Å²) in [5.41, 5.74) is -5.45. The molecular formula is C5H6F3NO4S2. The highest BCUT2D eigenvalue weighted by molar-refractivity contribution is 8.00. The van der Waals surface area contributed by atoms with E-state index in [1.807, 2.05) is 0 Å². The minimum Gasteiger partial charge on any atom is -0.480 e. The third kappa shape index (κ3) is 2.21. The second kappa shape index (κ2) is 3.83. The van der Waals surface area contributed by atoms with Gasteiger partial charge in [-0.15, -0.1) is 11.8 Å². The van der Waals surface area contributed by atoms with E-state index in [0.29, 0.717) is 0 Å². The first-order chi connectivity index (χ1) is 6.68. The summed E-state index contributed by atoms with van der Waals surface area (Å²) in [7, 11) is -5.54. The number of nitrogens with zero attached hydrogens (tertiary/aromatic N) is 1. The fourth-order valence-corrected chi connectivity index (χ4v) is 3.64. The molecule has 1 unspecified atom stereocenters. The summed E-state index contributed by atoms with van der Waals surface area (Å²) in [6, 6.07) is -1.64. The predicted molar refractivity (Wildman–Crippen MR) is 45.6 cm³/mol. The number of alkyl halides is 3. The van der Waals surface area contributed by atoms with E-state index in [0.717, 1.165) is 11.8 Å². The van der Waals surface area contributed by atoms with Crippen LogP contribution in [0.3, 0.4) is 0 Å². The van der Waals surface area contributed by atoms with Gasteiger partial charge in [-0.3, -0.25) is 4.79 Å². The molecule has 1 atom stereocenters. The lowest BCUT2D eigenvalue weighted by Crippen LogP contribution is -2.47. The molecule has 1 aliphatic rings. The molecule has 0 aromatic carbocycles. The van der Waals surface area contributed by atoms with Gasteiger partial charge in [-0.05, 0) is 0 Å². The van der Waals surface area contributed by atoms with E-state index >= 15 is 0 Å². The summed E-state index contributed by atoms with van der Waals surface area (Å²) in [6.45, 7) is 0. The van der Waals surface area contributed by atoms with E-state index in [1.165, 1.54) is 0 Å². The number of hydrogen-bond donors (Lipinski definition) is 1. The van der Waals surface area contributed by atoms with E-state index in [-0.39, 0.29) is 10.1 Å². The maximum Gasteiger partial charge on any atom is 0.511 e. The molecule has 0 aromatic heterocycles. The van der Waals surface area contributed by atoms with Gasteiger partial charge in [0.1, 0.15) is 6.04 Å². The second-order valence-corrected chi connectivity index (χ2v) is 5.57. The van der Waals surface area contributed by atoms with Crippen molar-refractivity contribution in [2.24, 2.45) is 0 Å². The summed E-state index contributed by atoms with van der Waals surface area (Å²) in [4.78, 5) is 10.5. The number of carboxylic acids is 1. The van der Waals surface area contributed by atoms with Crippen LogP contribution in [0.5, 0.6) is 0 Å². The topological polar surface area (TPSA) is 74.7 Å². The van der Waals surface area contributed by atoms with Crippen molar-refractivity contribution in [1.29, 1.82) is 0 Å². The molecule has 15 heavy (non-hydrogen) atoms. The molecule has 1 fully saturated rings. The molecule has 0 aliphatic carbocycles. The van der Waals surface area contributed by atoms with Crippen LogP contribution in [0, 0.1) is 0 Å². The van der Waals surface area contributed by atoms with Gasteiger partial charge in [0, 0.05) is 5.75 Å². The first kappa shape index (κ1) is 12.6. The SMILES string of the molecule is O=C(O)C1CSCN1S(=O)(=O)C(F)(F)F. The minimum absolute atomic E-state index is 0.0417. The highest BCUT2D eigenvalue weighted by Crippen LogP contribution is 2.33. The standard InChI is InChI=1S/C5H6F3NO4S2/c6-5(7,8)15(12,13)9-2-14-1-3(9)4(10)11/h3H,1-2H2,(H,10,11). The van der Waals surface area contributed by atoms with Gasteiger partial charge in [-0.1, -0.05) is 0 Å². The lowest BCUT2D eigenvalue weighted by atomic mass is 10.4. The average molecular weight is 265 g/mol. The Bertz CT molecular complexity index is 365. The van der Waals surface area contributed by atoms with Crippen molar-refractivity contribution >= 4 is 27.8 Å². The predicted octanol–water partition coefficient (Wildman–Crippen LogP) is 0.295. The Kier molecular flexibility index (Phi) is 3.22. The van der Waals surface area contributed by atoms with Crippen molar-refractivity contribution < 1.29 is 31.5 Å². The van der Waals surface area contributed by atoms with Gasteiger partial charge in [0.05, 0.1) is 5.88 Å². The van der Waals surface area contributed by atoms with Crippen LogP contribution in [-0.4, -0.2) is 47.0 Å². The summed E-state index contributed by atoms with van der Waals surface area (Å²) >= 11 is 0.828. The van der Waals surface area contributed by atoms with Crippen molar-refractivity contribution in [2.75, 3.05) is 11.6 Å². The van der Waals surface area contributed by atoms with Gasteiger partial charge in [-0.2, -0.15) is 17.5 Å². The van der Waals surface area contributed by atoms with Gasteiger partial charge in [0.25, 0.3) is 0 Å². The van der Waals surface area contributed by atoms with Gasteiger partial charge in [0.2, 0.25) is 0 Å². The quantitative estimate of drug-likeness (QED) is 0.777. The molecule has 0 amide bonds. The second-order valence-electron chi connectivity index (χ2n) is 2.69. The van der Waals surface area contributed by atoms with Crippen LogP contribution in [0.15, 0.2) is 0 Å². The Hall–Kier alpha value is -0.480. The summed E-state index contributed by atoms with van der Waals surface area (Å²) in [6.07, 6.45) is 0. The largest absolute Gasteiger partial charge is 0.511 e. The third-order valence-corrected chi connectivity index (χ3v) is 4.49. The van der Waals surface area contributed by atoms with Crippen LogP contribution in [0.4, 0.5) is 13.2 Å². The molecule has 0 saturated carbocycles. The van der Waals surface area contributed by atoms with Crippen molar-refractivity contribution in [3.8, 4) is 0 Å². The number of aliphatic carboxylic acids is 1. The zero-order valence-electron chi connectivity index (χ0n) is 7.06. The molecular weight excluding hydrogens is 259 g/mol. The Labute approximate surface area is 87.3 Å². The van der Waals surface area contributed by atoms with E-state index in [2.05, 4.69) is 0 Å². The van der Waals surface area contributed by atoms with E-state index in [1.54, 1.807) is 0 Å². The Morgan fingerprint density at radius 3 is 2.40 bits per heavy atom. The number of carbonyl (C=O) groups is 1. The monoisotopic (exact) mass is 265 g/mol. The Morgan fingerprint density at radius 1 is 1.47 bits per heavy atom. The number of halogens is 3.